The maximum atomic E-state index is 12.7. The van der Waals surface area contributed by atoms with Crippen molar-refractivity contribution in [2.75, 3.05) is 7.11 Å². The summed E-state index contributed by atoms with van der Waals surface area (Å²) < 4.78 is 36.1. The fourth-order valence-electron chi connectivity index (χ4n) is 2.66. The molecule has 0 saturated carbocycles. The molecule has 0 bridgehead atoms. The Morgan fingerprint density at radius 3 is 2.55 bits per heavy atom. The Labute approximate surface area is 173 Å². The zero-order valence-corrected chi connectivity index (χ0v) is 17.1. The van der Waals surface area contributed by atoms with Gasteiger partial charge in [-0.2, -0.15) is 8.42 Å². The second-order valence-electron chi connectivity index (χ2n) is 5.95. The molecular formula is C20H18N2O5S2. The van der Waals surface area contributed by atoms with Gasteiger partial charge in [-0.3, -0.25) is 10.2 Å². The highest BCUT2D eigenvalue weighted by Crippen LogP contribution is 2.37. The van der Waals surface area contributed by atoms with Gasteiger partial charge in [0.15, 0.2) is 16.7 Å². The molecule has 0 aromatic heterocycles. The predicted octanol–water partition coefficient (Wildman–Crippen LogP) is 3.33. The van der Waals surface area contributed by atoms with Crippen LogP contribution in [0.3, 0.4) is 0 Å². The molecule has 9 heteroatoms. The molecule has 1 fully saturated rings. The molecular weight excluding hydrogens is 412 g/mol. The average molecular weight is 431 g/mol. The summed E-state index contributed by atoms with van der Waals surface area (Å²) in [6.45, 7) is 3.70. The topological polar surface area (TPSA) is 106 Å². The van der Waals surface area contributed by atoms with E-state index in [1.165, 1.54) is 19.2 Å². The third kappa shape index (κ3) is 4.69. The molecule has 2 aromatic carbocycles. The van der Waals surface area contributed by atoms with Crippen molar-refractivity contribution in [2.45, 2.75) is 11.3 Å². The second-order valence-corrected chi connectivity index (χ2v) is 8.55. The van der Waals surface area contributed by atoms with Crippen LogP contribution in [0.1, 0.15) is 11.1 Å². The van der Waals surface area contributed by atoms with Crippen LogP contribution in [0.4, 0.5) is 0 Å². The molecule has 0 atom stereocenters. The molecule has 150 valence electrons. The van der Waals surface area contributed by atoms with Gasteiger partial charge in [0.2, 0.25) is 0 Å². The molecule has 1 heterocycles. The smallest absolute Gasteiger partial charge is 0.339 e. The van der Waals surface area contributed by atoms with Gasteiger partial charge in [-0.05, 0) is 54.1 Å². The maximum Gasteiger partial charge on any atom is 0.339 e. The molecule has 1 amide bonds. The lowest BCUT2D eigenvalue weighted by Crippen LogP contribution is -2.18. The van der Waals surface area contributed by atoms with Crippen LogP contribution in [-0.2, 0) is 21.3 Å². The first kappa shape index (κ1) is 20.7. The lowest BCUT2D eigenvalue weighted by atomic mass is 10.1. The standard InChI is InChI=1S/C20H18N2O5S2/c1-3-7-14-10-13(12-17-19(23)22-20(21)28-17)11-16(26-2)18(14)27-29(24,25)15-8-5-4-6-9-15/h3-6,8-12H,1,7H2,2H3,(H2,21,22,23). The third-order valence-corrected chi connectivity index (χ3v) is 5.99. The van der Waals surface area contributed by atoms with Gasteiger partial charge in [0.05, 0.1) is 12.0 Å². The molecule has 2 aromatic rings. The fourth-order valence-corrected chi connectivity index (χ4v) is 4.36. The lowest BCUT2D eigenvalue weighted by Gasteiger charge is -2.15. The van der Waals surface area contributed by atoms with Gasteiger partial charge in [0.1, 0.15) is 4.90 Å². The molecule has 3 rings (SSSR count). The summed E-state index contributed by atoms with van der Waals surface area (Å²) in [6, 6.07) is 11.1. The number of amidine groups is 1. The van der Waals surface area contributed by atoms with Crippen LogP contribution in [0, 0.1) is 5.41 Å². The molecule has 0 radical (unpaired) electrons. The van der Waals surface area contributed by atoms with Gasteiger partial charge >= 0.3 is 10.1 Å². The molecule has 29 heavy (non-hydrogen) atoms. The van der Waals surface area contributed by atoms with Gasteiger partial charge in [-0.25, -0.2) is 0 Å². The monoisotopic (exact) mass is 430 g/mol. The summed E-state index contributed by atoms with van der Waals surface area (Å²) in [5, 5.41) is 9.99. The molecule has 0 unspecified atom stereocenters. The maximum absolute atomic E-state index is 12.7. The number of hydrogen-bond acceptors (Lipinski definition) is 7. The van der Waals surface area contributed by atoms with Crippen molar-refractivity contribution in [3.05, 3.63) is 71.2 Å². The number of carbonyl (C=O) groups excluding carboxylic acids is 1. The van der Waals surface area contributed by atoms with Crippen molar-refractivity contribution < 1.29 is 22.1 Å². The Morgan fingerprint density at radius 2 is 1.97 bits per heavy atom. The fraction of sp³-hybridized carbons (Fsp3) is 0.100. The zero-order chi connectivity index (χ0) is 21.0. The summed E-state index contributed by atoms with van der Waals surface area (Å²) in [6.07, 6.45) is 3.54. The van der Waals surface area contributed by atoms with Crippen LogP contribution in [0.25, 0.3) is 6.08 Å². The van der Waals surface area contributed by atoms with E-state index in [1.807, 2.05) is 0 Å². The number of thioether (sulfide) groups is 1. The van der Waals surface area contributed by atoms with Gasteiger partial charge in [-0.15, -0.1) is 6.58 Å². The zero-order valence-electron chi connectivity index (χ0n) is 15.5. The first-order valence-electron chi connectivity index (χ1n) is 8.45. The Balaban J connectivity index is 2.05. The van der Waals surface area contributed by atoms with Crippen molar-refractivity contribution in [3.8, 4) is 11.5 Å². The summed E-state index contributed by atoms with van der Waals surface area (Å²) in [4.78, 5) is 12.3. The normalized spacial score (nSPS) is 15.3. The summed E-state index contributed by atoms with van der Waals surface area (Å²) in [7, 11) is -2.66. The molecule has 1 saturated heterocycles. The number of nitrogens with one attached hydrogen (secondary N) is 2. The number of ether oxygens (including phenoxy) is 1. The van der Waals surface area contributed by atoms with Crippen LogP contribution >= 0.6 is 11.8 Å². The summed E-state index contributed by atoms with van der Waals surface area (Å²) in [5.74, 6) is -0.0971. The van der Waals surface area contributed by atoms with Gasteiger partial charge in [0.25, 0.3) is 5.91 Å². The van der Waals surface area contributed by atoms with E-state index >= 15 is 0 Å². The van der Waals surface area contributed by atoms with Crippen molar-refractivity contribution >= 4 is 39.0 Å². The van der Waals surface area contributed by atoms with Crippen molar-refractivity contribution in [3.63, 3.8) is 0 Å². The molecule has 7 nitrogen and oxygen atoms in total. The number of hydrogen-bond donors (Lipinski definition) is 2. The minimum absolute atomic E-state index is 0.0235. The largest absolute Gasteiger partial charge is 0.493 e. The van der Waals surface area contributed by atoms with E-state index < -0.39 is 10.1 Å². The van der Waals surface area contributed by atoms with Gasteiger partial charge in [-0.1, -0.05) is 24.3 Å². The Hall–Kier alpha value is -3.04. The number of allylic oxidation sites excluding steroid dienone is 1. The number of amides is 1. The SMILES string of the molecule is C=CCc1cc(C=C2SC(=N)NC2=O)cc(OC)c1OS(=O)(=O)c1ccccc1. The first-order chi connectivity index (χ1) is 13.8. The van der Waals surface area contributed by atoms with E-state index in [4.69, 9.17) is 14.3 Å². The minimum atomic E-state index is -4.06. The van der Waals surface area contributed by atoms with Gasteiger partial charge in [0, 0.05) is 5.56 Å². The third-order valence-electron chi connectivity index (χ3n) is 3.92. The summed E-state index contributed by atoms with van der Waals surface area (Å²) >= 11 is 1.01. The quantitative estimate of drug-likeness (QED) is 0.397. The highest BCUT2D eigenvalue weighted by Gasteiger charge is 2.24. The Kier molecular flexibility index (Phi) is 6.09. The van der Waals surface area contributed by atoms with Crippen molar-refractivity contribution in [1.82, 2.24) is 5.32 Å². The number of carbonyl (C=O) groups is 1. The molecule has 0 aliphatic carbocycles. The Bertz CT molecular complexity index is 1110. The number of rotatable bonds is 7. The van der Waals surface area contributed by atoms with E-state index in [0.29, 0.717) is 22.5 Å². The van der Waals surface area contributed by atoms with Crippen molar-refractivity contribution in [1.29, 1.82) is 5.41 Å². The Morgan fingerprint density at radius 1 is 1.24 bits per heavy atom. The number of methoxy groups -OCH3 is 1. The molecule has 1 aliphatic rings. The van der Waals surface area contributed by atoms with E-state index in [2.05, 4.69) is 11.9 Å². The highest BCUT2D eigenvalue weighted by molar-refractivity contribution is 8.18. The average Bonchev–Trinajstić information content (AvgIpc) is 3.01. The summed E-state index contributed by atoms with van der Waals surface area (Å²) in [5.41, 5.74) is 1.14. The molecule has 2 N–H and O–H groups in total. The first-order valence-corrected chi connectivity index (χ1v) is 10.7. The highest BCUT2D eigenvalue weighted by atomic mass is 32.2. The lowest BCUT2D eigenvalue weighted by molar-refractivity contribution is -0.115. The van der Waals surface area contributed by atoms with Crippen LogP contribution in [-0.4, -0.2) is 26.6 Å². The van der Waals surface area contributed by atoms with E-state index in [1.54, 1.807) is 42.5 Å². The minimum Gasteiger partial charge on any atom is -0.493 e. The molecule has 1 aliphatic heterocycles. The van der Waals surface area contributed by atoms with Crippen LogP contribution in [0.5, 0.6) is 11.5 Å². The van der Waals surface area contributed by atoms with E-state index in [-0.39, 0.29) is 27.5 Å². The number of benzene rings is 2. The molecule has 0 spiro atoms. The second kappa shape index (κ2) is 8.54. The van der Waals surface area contributed by atoms with E-state index in [0.717, 1.165) is 11.8 Å². The van der Waals surface area contributed by atoms with E-state index in [9.17, 15) is 13.2 Å². The van der Waals surface area contributed by atoms with Crippen molar-refractivity contribution in [2.24, 2.45) is 0 Å². The van der Waals surface area contributed by atoms with Gasteiger partial charge < -0.3 is 14.2 Å². The predicted molar refractivity (Wildman–Crippen MR) is 113 cm³/mol. The van der Waals surface area contributed by atoms with Crippen LogP contribution in [0.15, 0.2) is 64.9 Å². The van der Waals surface area contributed by atoms with Crippen LogP contribution in [0.2, 0.25) is 0 Å². The van der Waals surface area contributed by atoms with Crippen LogP contribution < -0.4 is 14.2 Å².